The zero-order valence-corrected chi connectivity index (χ0v) is 12.9. The average molecular weight is 334 g/mol. The van der Waals surface area contributed by atoms with Gasteiger partial charge in [0.05, 0.1) is 10.9 Å². The molecule has 0 spiro atoms. The molecule has 24 heavy (non-hydrogen) atoms. The highest BCUT2D eigenvalue weighted by molar-refractivity contribution is 5.90. The van der Waals surface area contributed by atoms with Crippen molar-refractivity contribution in [2.24, 2.45) is 0 Å². The van der Waals surface area contributed by atoms with Crippen molar-refractivity contribution in [2.45, 2.75) is 6.18 Å². The Kier molecular flexibility index (Phi) is 3.79. The molecule has 0 N–H and O–H groups in total. The van der Waals surface area contributed by atoms with Gasteiger partial charge in [-0.3, -0.25) is 9.78 Å². The Morgan fingerprint density at radius 2 is 1.88 bits per heavy atom. The van der Waals surface area contributed by atoms with Crippen LogP contribution < -0.4 is 10.3 Å². The molecule has 0 aliphatic heterocycles. The monoisotopic (exact) mass is 334 g/mol. The van der Waals surface area contributed by atoms with E-state index in [-0.39, 0.29) is 27.7 Å². The molecule has 1 aromatic carbocycles. The fraction of sp³-hybridized carbons (Fsp3) is 0.176. The first kappa shape index (κ1) is 16.0. The van der Waals surface area contributed by atoms with Crippen LogP contribution >= 0.6 is 0 Å². The summed E-state index contributed by atoms with van der Waals surface area (Å²) in [6.45, 7) is 0. The van der Waals surface area contributed by atoms with Gasteiger partial charge in [0.1, 0.15) is 5.69 Å². The molecule has 0 unspecified atom stereocenters. The van der Waals surface area contributed by atoms with Crippen LogP contribution in [0, 0.1) is 0 Å². The molecule has 0 saturated heterocycles. The van der Waals surface area contributed by atoms with Crippen LogP contribution in [-0.2, 0) is 6.18 Å². The van der Waals surface area contributed by atoms with Crippen LogP contribution in [0.2, 0.25) is 0 Å². The zero-order valence-electron chi connectivity index (χ0n) is 12.9. The maximum absolute atomic E-state index is 12.9. The zero-order chi connectivity index (χ0) is 17.5. The first-order chi connectivity index (χ1) is 11.3. The van der Waals surface area contributed by atoms with E-state index in [1.54, 1.807) is 19.0 Å². The van der Waals surface area contributed by atoms with E-state index in [0.717, 1.165) is 12.1 Å². The Bertz CT molecular complexity index is 962. The summed E-state index contributed by atoms with van der Waals surface area (Å²) in [5.41, 5.74) is -0.484. The third kappa shape index (κ3) is 2.84. The summed E-state index contributed by atoms with van der Waals surface area (Å²) in [4.78, 5) is 17.9. The van der Waals surface area contributed by atoms with Crippen LogP contribution in [0.25, 0.3) is 22.2 Å². The molecule has 0 amide bonds. The summed E-state index contributed by atoms with van der Waals surface area (Å²) in [6, 6.07) is 7.59. The number of aromatic nitrogens is 1. The highest BCUT2D eigenvalue weighted by Crippen LogP contribution is 2.33. The highest BCUT2D eigenvalue weighted by Gasteiger charge is 2.30. The van der Waals surface area contributed by atoms with Crippen molar-refractivity contribution in [3.63, 3.8) is 0 Å². The van der Waals surface area contributed by atoms with Crippen LogP contribution in [0.1, 0.15) is 5.56 Å². The number of hydrogen-bond donors (Lipinski definition) is 0. The largest absolute Gasteiger partial charge is 0.438 e. The molecule has 0 saturated carbocycles. The summed E-state index contributed by atoms with van der Waals surface area (Å²) < 4.78 is 44.5. The van der Waals surface area contributed by atoms with Crippen LogP contribution in [0.4, 0.5) is 19.1 Å². The molecule has 0 aliphatic rings. The van der Waals surface area contributed by atoms with E-state index in [4.69, 9.17) is 4.42 Å². The van der Waals surface area contributed by atoms with Gasteiger partial charge in [0.15, 0.2) is 16.9 Å². The molecule has 3 rings (SSSR count). The molecular weight excluding hydrogens is 321 g/mol. The predicted molar refractivity (Wildman–Crippen MR) is 85.0 cm³/mol. The molecule has 0 aliphatic carbocycles. The summed E-state index contributed by atoms with van der Waals surface area (Å²) >= 11 is 0. The normalized spacial score (nSPS) is 11.7. The second-order valence-corrected chi connectivity index (χ2v) is 5.46. The van der Waals surface area contributed by atoms with E-state index < -0.39 is 11.7 Å². The van der Waals surface area contributed by atoms with Crippen LogP contribution in [0.15, 0.2) is 51.8 Å². The van der Waals surface area contributed by atoms with Gasteiger partial charge in [0.25, 0.3) is 0 Å². The number of rotatable bonds is 2. The lowest BCUT2D eigenvalue weighted by Gasteiger charge is -2.13. The van der Waals surface area contributed by atoms with E-state index in [1.807, 2.05) is 0 Å². The minimum absolute atomic E-state index is 0.160. The maximum atomic E-state index is 12.9. The minimum Gasteiger partial charge on any atom is -0.438 e. The number of fused-ring (bicyclic) bond motifs is 1. The number of nitrogens with zero attached hydrogens (tertiary/aromatic N) is 2. The molecule has 0 radical (unpaired) electrons. The second kappa shape index (κ2) is 5.67. The van der Waals surface area contributed by atoms with Crippen LogP contribution in [0.5, 0.6) is 0 Å². The van der Waals surface area contributed by atoms with Gasteiger partial charge in [-0.05, 0) is 18.2 Å². The molecule has 2 aromatic heterocycles. The summed E-state index contributed by atoms with van der Waals surface area (Å²) in [7, 11) is 3.40. The average Bonchev–Trinajstić information content (AvgIpc) is 2.53. The third-order valence-corrected chi connectivity index (χ3v) is 3.54. The van der Waals surface area contributed by atoms with E-state index in [9.17, 15) is 18.0 Å². The number of pyridine rings is 1. The van der Waals surface area contributed by atoms with E-state index in [2.05, 4.69) is 4.98 Å². The Labute approximate surface area is 135 Å². The smallest absolute Gasteiger partial charge is 0.416 e. The number of alkyl halides is 3. The molecule has 7 heteroatoms. The number of anilines is 1. The van der Waals surface area contributed by atoms with E-state index in [1.165, 1.54) is 30.5 Å². The lowest BCUT2D eigenvalue weighted by atomic mass is 10.1. The third-order valence-electron chi connectivity index (χ3n) is 3.54. The van der Waals surface area contributed by atoms with Gasteiger partial charge < -0.3 is 9.32 Å². The van der Waals surface area contributed by atoms with Crippen molar-refractivity contribution in [3.8, 4) is 11.3 Å². The fourth-order valence-corrected chi connectivity index (χ4v) is 2.34. The quantitative estimate of drug-likeness (QED) is 0.712. The van der Waals surface area contributed by atoms with Crippen molar-refractivity contribution >= 4 is 16.9 Å². The summed E-state index contributed by atoms with van der Waals surface area (Å²) in [5.74, 6) is 0.300. The molecule has 2 heterocycles. The van der Waals surface area contributed by atoms with E-state index in [0.29, 0.717) is 5.88 Å². The standard InChI is InChI=1S/C17H13F3N2O2/c1-22(2)14-9-13(23)12-6-7-21-15(16(12)24-14)10-4-3-5-11(8-10)17(18,19)20/h3-9H,1-2H3. The molecule has 3 aromatic rings. The molecular formula is C17H13F3N2O2. The van der Waals surface area contributed by atoms with Gasteiger partial charge >= 0.3 is 6.18 Å². The fourth-order valence-electron chi connectivity index (χ4n) is 2.34. The van der Waals surface area contributed by atoms with Gasteiger partial charge in [-0.2, -0.15) is 13.2 Å². The van der Waals surface area contributed by atoms with Gasteiger partial charge in [0.2, 0.25) is 0 Å². The lowest BCUT2D eigenvalue weighted by Crippen LogP contribution is -2.12. The van der Waals surface area contributed by atoms with Gasteiger partial charge in [-0.25, -0.2) is 0 Å². The molecule has 0 atom stereocenters. The first-order valence-corrected chi connectivity index (χ1v) is 7.05. The molecule has 0 fully saturated rings. The Balaban J connectivity index is 2.29. The summed E-state index contributed by atoms with van der Waals surface area (Å²) in [6.07, 6.45) is -3.08. The Morgan fingerprint density at radius 3 is 2.54 bits per heavy atom. The van der Waals surface area contributed by atoms with Crippen LogP contribution in [0.3, 0.4) is 0 Å². The minimum atomic E-state index is -4.46. The van der Waals surface area contributed by atoms with Gasteiger partial charge in [-0.15, -0.1) is 0 Å². The Morgan fingerprint density at radius 1 is 1.12 bits per heavy atom. The number of halogens is 3. The Hall–Kier alpha value is -2.83. The summed E-state index contributed by atoms with van der Waals surface area (Å²) in [5, 5.41) is 0.267. The molecule has 0 bridgehead atoms. The van der Waals surface area contributed by atoms with Crippen molar-refractivity contribution in [3.05, 3.63) is 58.4 Å². The van der Waals surface area contributed by atoms with Crippen LogP contribution in [-0.4, -0.2) is 19.1 Å². The number of hydrogen-bond acceptors (Lipinski definition) is 4. The van der Waals surface area contributed by atoms with Gasteiger partial charge in [0, 0.05) is 31.9 Å². The maximum Gasteiger partial charge on any atom is 0.416 e. The second-order valence-electron chi connectivity index (χ2n) is 5.46. The van der Waals surface area contributed by atoms with E-state index >= 15 is 0 Å². The number of benzene rings is 1. The first-order valence-electron chi connectivity index (χ1n) is 7.05. The van der Waals surface area contributed by atoms with Crippen molar-refractivity contribution in [2.75, 3.05) is 19.0 Å². The van der Waals surface area contributed by atoms with Crippen molar-refractivity contribution < 1.29 is 17.6 Å². The molecule has 124 valence electrons. The predicted octanol–water partition coefficient (Wildman–Crippen LogP) is 3.94. The van der Waals surface area contributed by atoms with Crippen molar-refractivity contribution in [1.82, 2.24) is 4.98 Å². The SMILES string of the molecule is CN(C)c1cc(=O)c2ccnc(-c3cccc(C(F)(F)F)c3)c2o1. The topological polar surface area (TPSA) is 46.3 Å². The van der Waals surface area contributed by atoms with Crippen molar-refractivity contribution in [1.29, 1.82) is 0 Å². The highest BCUT2D eigenvalue weighted by atomic mass is 19.4. The molecule has 4 nitrogen and oxygen atoms in total. The van der Waals surface area contributed by atoms with Gasteiger partial charge in [-0.1, -0.05) is 12.1 Å². The lowest BCUT2D eigenvalue weighted by molar-refractivity contribution is -0.137.